The predicted octanol–water partition coefficient (Wildman–Crippen LogP) is 4.52. The quantitative estimate of drug-likeness (QED) is 0.703. The first-order valence-corrected chi connectivity index (χ1v) is 6.88. The van der Waals surface area contributed by atoms with Crippen molar-refractivity contribution < 1.29 is 4.39 Å². The Morgan fingerprint density at radius 1 is 1.18 bits per heavy atom. The first-order chi connectivity index (χ1) is 10.1. The minimum atomic E-state index is -0.418. The van der Waals surface area contributed by atoms with E-state index in [0.717, 1.165) is 22.5 Å². The summed E-state index contributed by atoms with van der Waals surface area (Å²) in [5, 5.41) is 0.114. The average molecular weight is 338 g/mol. The zero-order valence-corrected chi connectivity index (χ0v) is 13.4. The van der Waals surface area contributed by atoms with E-state index in [1.807, 2.05) is 30.0 Å². The van der Waals surface area contributed by atoms with Crippen molar-refractivity contribution in [2.45, 2.75) is 13.5 Å². The second-order valence-corrected chi connectivity index (χ2v) is 5.22. The van der Waals surface area contributed by atoms with Gasteiger partial charge in [0.05, 0.1) is 11.6 Å². The van der Waals surface area contributed by atoms with Crippen LogP contribution < -0.4 is 0 Å². The van der Waals surface area contributed by atoms with E-state index in [-0.39, 0.29) is 17.4 Å². The zero-order valence-electron chi connectivity index (χ0n) is 11.8. The molecule has 3 aromatic rings. The number of halogens is 3. The molecule has 0 saturated heterocycles. The van der Waals surface area contributed by atoms with Crippen LogP contribution in [0.25, 0.3) is 11.1 Å². The smallest absolute Gasteiger partial charge is 0.141 e. The van der Waals surface area contributed by atoms with Gasteiger partial charge in [0.1, 0.15) is 11.6 Å². The molecule has 3 nitrogen and oxygen atoms in total. The highest BCUT2D eigenvalue weighted by molar-refractivity contribution is 6.31. The van der Waals surface area contributed by atoms with Gasteiger partial charge in [0.2, 0.25) is 0 Å². The Labute approximate surface area is 139 Å². The molecule has 114 valence electrons. The molecule has 0 spiro atoms. The number of rotatable bonds is 3. The third-order valence-electron chi connectivity index (χ3n) is 3.32. The number of aryl methyl sites for hydroxylation is 1. The molecule has 0 radical (unpaired) electrons. The number of hydrogen-bond donors (Lipinski definition) is 0. The van der Waals surface area contributed by atoms with Crippen LogP contribution in [0.1, 0.15) is 11.4 Å². The highest BCUT2D eigenvalue weighted by atomic mass is 35.5. The minimum absolute atomic E-state index is 0. The maximum Gasteiger partial charge on any atom is 0.141 e. The Hall–Kier alpha value is -1.91. The Morgan fingerprint density at radius 3 is 2.68 bits per heavy atom. The van der Waals surface area contributed by atoms with Crippen LogP contribution in [0.3, 0.4) is 0 Å². The molecule has 22 heavy (non-hydrogen) atoms. The fraction of sp³-hybridized carbons (Fsp3) is 0.125. The highest BCUT2D eigenvalue weighted by Crippen LogP contribution is 2.25. The van der Waals surface area contributed by atoms with E-state index < -0.39 is 5.82 Å². The zero-order chi connectivity index (χ0) is 14.8. The van der Waals surface area contributed by atoms with Crippen LogP contribution in [-0.2, 0) is 6.54 Å². The molecule has 0 amide bonds. The third-order valence-corrected chi connectivity index (χ3v) is 3.61. The second kappa shape index (κ2) is 6.90. The monoisotopic (exact) mass is 337 g/mol. The lowest BCUT2D eigenvalue weighted by Gasteiger charge is -2.08. The average Bonchev–Trinajstić information content (AvgIpc) is 2.88. The molecule has 0 unspecified atom stereocenters. The van der Waals surface area contributed by atoms with E-state index in [2.05, 4.69) is 9.97 Å². The summed E-state index contributed by atoms with van der Waals surface area (Å²) < 4.78 is 15.3. The maximum atomic E-state index is 13.2. The number of benzene rings is 1. The summed E-state index contributed by atoms with van der Waals surface area (Å²) in [7, 11) is 0. The molecule has 0 bridgehead atoms. The summed E-state index contributed by atoms with van der Waals surface area (Å²) in [5.41, 5.74) is 2.80. The summed E-state index contributed by atoms with van der Waals surface area (Å²) >= 11 is 5.83. The molecular formula is C16H14Cl2FN3. The lowest BCUT2D eigenvalue weighted by atomic mass is 10.1. The van der Waals surface area contributed by atoms with Crippen LogP contribution in [0.15, 0.2) is 49.1 Å². The second-order valence-electron chi connectivity index (χ2n) is 4.81. The first kappa shape index (κ1) is 16.5. The molecule has 0 fully saturated rings. The Bertz CT molecular complexity index is 787. The highest BCUT2D eigenvalue weighted by Gasteiger charge is 2.05. The Morgan fingerprint density at radius 2 is 2.00 bits per heavy atom. The number of aromatic nitrogens is 3. The van der Waals surface area contributed by atoms with Gasteiger partial charge in [-0.1, -0.05) is 17.7 Å². The number of hydrogen-bond acceptors (Lipinski definition) is 2. The van der Waals surface area contributed by atoms with E-state index in [4.69, 9.17) is 11.6 Å². The standard InChI is InChI=1S/C16H13ClFN3.ClH/c1-11-20-4-5-21(11)10-12-6-14(9-19-8-12)13-2-3-16(18)15(17)7-13;/h2-9H,10H2,1H3;1H. The van der Waals surface area contributed by atoms with Crippen molar-refractivity contribution in [2.75, 3.05) is 0 Å². The van der Waals surface area contributed by atoms with Gasteiger partial charge in [-0.15, -0.1) is 12.4 Å². The summed E-state index contributed by atoms with van der Waals surface area (Å²) in [4.78, 5) is 8.45. The van der Waals surface area contributed by atoms with E-state index >= 15 is 0 Å². The summed E-state index contributed by atoms with van der Waals surface area (Å²) in [6.45, 7) is 2.65. The largest absolute Gasteiger partial charge is 0.331 e. The summed E-state index contributed by atoms with van der Waals surface area (Å²) in [6, 6.07) is 6.70. The lowest BCUT2D eigenvalue weighted by Crippen LogP contribution is -2.01. The molecule has 0 atom stereocenters. The maximum absolute atomic E-state index is 13.2. The topological polar surface area (TPSA) is 30.7 Å². The lowest BCUT2D eigenvalue weighted by molar-refractivity contribution is 0.628. The van der Waals surface area contributed by atoms with Gasteiger partial charge in [0.25, 0.3) is 0 Å². The van der Waals surface area contributed by atoms with Crippen molar-refractivity contribution in [1.82, 2.24) is 14.5 Å². The van der Waals surface area contributed by atoms with Crippen molar-refractivity contribution in [3.63, 3.8) is 0 Å². The number of imidazole rings is 1. The van der Waals surface area contributed by atoms with Crippen molar-refractivity contribution in [3.05, 3.63) is 71.3 Å². The Balaban J connectivity index is 0.00000176. The molecule has 0 saturated carbocycles. The van der Waals surface area contributed by atoms with Crippen molar-refractivity contribution in [1.29, 1.82) is 0 Å². The van der Waals surface area contributed by atoms with Gasteiger partial charge >= 0.3 is 0 Å². The SMILES string of the molecule is Cc1nccn1Cc1cncc(-c2ccc(F)c(Cl)c2)c1.Cl. The van der Waals surface area contributed by atoms with Gasteiger partial charge in [-0.25, -0.2) is 9.37 Å². The van der Waals surface area contributed by atoms with Crippen LogP contribution in [0, 0.1) is 12.7 Å². The predicted molar refractivity (Wildman–Crippen MR) is 88.0 cm³/mol. The summed E-state index contributed by atoms with van der Waals surface area (Å²) in [6.07, 6.45) is 7.25. The van der Waals surface area contributed by atoms with E-state index in [1.165, 1.54) is 6.07 Å². The molecule has 3 rings (SSSR count). The van der Waals surface area contributed by atoms with E-state index in [0.29, 0.717) is 6.54 Å². The van der Waals surface area contributed by atoms with Crippen LogP contribution in [0.4, 0.5) is 4.39 Å². The third kappa shape index (κ3) is 3.46. The van der Waals surface area contributed by atoms with Gasteiger partial charge in [-0.3, -0.25) is 4.98 Å². The van der Waals surface area contributed by atoms with Crippen molar-refractivity contribution in [3.8, 4) is 11.1 Å². The van der Waals surface area contributed by atoms with Gasteiger partial charge in [-0.2, -0.15) is 0 Å². The molecule has 0 aliphatic rings. The molecule has 2 heterocycles. The normalized spacial score (nSPS) is 10.3. The number of pyridine rings is 1. The van der Waals surface area contributed by atoms with Crippen LogP contribution in [0.2, 0.25) is 5.02 Å². The van der Waals surface area contributed by atoms with Crippen LogP contribution in [0.5, 0.6) is 0 Å². The minimum Gasteiger partial charge on any atom is -0.331 e. The fourth-order valence-corrected chi connectivity index (χ4v) is 2.36. The molecule has 6 heteroatoms. The molecule has 2 aromatic heterocycles. The van der Waals surface area contributed by atoms with Gasteiger partial charge in [0.15, 0.2) is 0 Å². The van der Waals surface area contributed by atoms with Crippen molar-refractivity contribution >= 4 is 24.0 Å². The molecule has 1 aromatic carbocycles. The molecule has 0 aliphatic carbocycles. The Kier molecular flexibility index (Phi) is 5.16. The van der Waals surface area contributed by atoms with Gasteiger partial charge < -0.3 is 4.57 Å². The number of nitrogens with zero attached hydrogens (tertiary/aromatic N) is 3. The first-order valence-electron chi connectivity index (χ1n) is 6.50. The van der Waals surface area contributed by atoms with E-state index in [9.17, 15) is 4.39 Å². The fourth-order valence-electron chi connectivity index (χ4n) is 2.18. The van der Waals surface area contributed by atoms with Gasteiger partial charge in [-0.05, 0) is 36.2 Å². The molecular weight excluding hydrogens is 324 g/mol. The van der Waals surface area contributed by atoms with Crippen LogP contribution in [-0.4, -0.2) is 14.5 Å². The van der Waals surface area contributed by atoms with E-state index in [1.54, 1.807) is 24.5 Å². The summed E-state index contributed by atoms with van der Waals surface area (Å²) in [5.74, 6) is 0.531. The van der Waals surface area contributed by atoms with Crippen LogP contribution >= 0.6 is 24.0 Å². The molecule has 0 aliphatic heterocycles. The van der Waals surface area contributed by atoms with Gasteiger partial charge in [0, 0.05) is 30.4 Å². The van der Waals surface area contributed by atoms with Crippen molar-refractivity contribution in [2.24, 2.45) is 0 Å². The molecule has 0 N–H and O–H groups in total.